The molecule has 0 bridgehead atoms. The zero-order chi connectivity index (χ0) is 10.7. The largest absolute Gasteiger partial charge is 0.396 e. The number of nitrogens with one attached hydrogen (secondary N) is 1. The van der Waals surface area contributed by atoms with Crippen molar-refractivity contribution in [2.75, 3.05) is 26.4 Å². The molecule has 88 valence electrons. The fourth-order valence-corrected chi connectivity index (χ4v) is 2.47. The molecule has 0 amide bonds. The number of rotatable bonds is 4. The van der Waals surface area contributed by atoms with Gasteiger partial charge in [-0.1, -0.05) is 6.92 Å². The molecule has 2 N–H and O–H groups in total. The Kier molecular flexibility index (Phi) is 3.65. The van der Waals surface area contributed by atoms with Crippen LogP contribution in [0.3, 0.4) is 0 Å². The van der Waals surface area contributed by atoms with Crippen LogP contribution < -0.4 is 5.32 Å². The Balaban J connectivity index is 1.69. The highest BCUT2D eigenvalue weighted by molar-refractivity contribution is 4.89. The van der Waals surface area contributed by atoms with E-state index >= 15 is 0 Å². The highest BCUT2D eigenvalue weighted by atomic mass is 16.5. The summed E-state index contributed by atoms with van der Waals surface area (Å²) in [5.74, 6) is 0.905. The molecular formula is C12H23NO2. The van der Waals surface area contributed by atoms with Crippen molar-refractivity contribution in [1.82, 2.24) is 5.32 Å². The first-order valence-corrected chi connectivity index (χ1v) is 6.16. The van der Waals surface area contributed by atoms with E-state index in [0.717, 1.165) is 25.7 Å². The van der Waals surface area contributed by atoms with Gasteiger partial charge >= 0.3 is 0 Å². The van der Waals surface area contributed by atoms with E-state index in [4.69, 9.17) is 4.74 Å². The maximum Gasteiger partial charge on any atom is 0.0579 e. The number of hydrogen-bond acceptors (Lipinski definition) is 3. The van der Waals surface area contributed by atoms with E-state index in [0.29, 0.717) is 6.04 Å². The van der Waals surface area contributed by atoms with Crippen molar-refractivity contribution in [2.24, 2.45) is 11.3 Å². The van der Waals surface area contributed by atoms with Crippen LogP contribution in [0.25, 0.3) is 0 Å². The molecule has 0 aromatic carbocycles. The number of aliphatic hydroxyl groups excluding tert-OH is 1. The van der Waals surface area contributed by atoms with Crippen LogP contribution in [0.2, 0.25) is 0 Å². The van der Waals surface area contributed by atoms with Crippen molar-refractivity contribution in [3.63, 3.8) is 0 Å². The summed E-state index contributed by atoms with van der Waals surface area (Å²) in [4.78, 5) is 0. The van der Waals surface area contributed by atoms with Crippen molar-refractivity contribution in [3.05, 3.63) is 0 Å². The molecule has 0 spiro atoms. The first-order valence-electron chi connectivity index (χ1n) is 6.16. The molecule has 0 aromatic rings. The van der Waals surface area contributed by atoms with Crippen LogP contribution in [0.15, 0.2) is 0 Å². The molecule has 0 radical (unpaired) electrons. The lowest BCUT2D eigenvalue weighted by atomic mass is 9.84. The average molecular weight is 213 g/mol. The van der Waals surface area contributed by atoms with Gasteiger partial charge in [-0.25, -0.2) is 0 Å². The Labute approximate surface area is 92.2 Å². The van der Waals surface area contributed by atoms with Crippen LogP contribution in [-0.2, 0) is 4.74 Å². The van der Waals surface area contributed by atoms with E-state index in [1.807, 2.05) is 0 Å². The van der Waals surface area contributed by atoms with Gasteiger partial charge in [-0.05, 0) is 31.6 Å². The molecule has 1 heterocycles. The molecule has 2 rings (SSSR count). The Morgan fingerprint density at radius 3 is 2.40 bits per heavy atom. The van der Waals surface area contributed by atoms with Gasteiger partial charge < -0.3 is 15.2 Å². The van der Waals surface area contributed by atoms with Crippen molar-refractivity contribution in [2.45, 2.75) is 38.6 Å². The van der Waals surface area contributed by atoms with E-state index < -0.39 is 0 Å². The Morgan fingerprint density at radius 2 is 1.93 bits per heavy atom. The topological polar surface area (TPSA) is 41.5 Å². The Morgan fingerprint density at radius 1 is 1.27 bits per heavy atom. The minimum Gasteiger partial charge on any atom is -0.396 e. The molecule has 1 saturated heterocycles. The van der Waals surface area contributed by atoms with Crippen LogP contribution in [-0.4, -0.2) is 37.5 Å². The summed E-state index contributed by atoms with van der Waals surface area (Å²) >= 11 is 0. The fourth-order valence-electron chi connectivity index (χ4n) is 2.47. The maximum absolute atomic E-state index is 9.29. The van der Waals surface area contributed by atoms with Gasteiger partial charge in [0, 0.05) is 12.6 Å². The first-order chi connectivity index (χ1) is 7.24. The van der Waals surface area contributed by atoms with Crippen molar-refractivity contribution in [1.29, 1.82) is 0 Å². The summed E-state index contributed by atoms with van der Waals surface area (Å²) in [5.41, 5.74) is 0.0308. The second-order valence-corrected chi connectivity index (χ2v) is 5.49. The summed E-state index contributed by atoms with van der Waals surface area (Å²) in [7, 11) is 0. The van der Waals surface area contributed by atoms with Gasteiger partial charge in [0.2, 0.25) is 0 Å². The third-order valence-electron chi connectivity index (χ3n) is 3.93. The molecule has 3 heteroatoms. The third-order valence-corrected chi connectivity index (χ3v) is 3.93. The average Bonchev–Trinajstić information content (AvgIpc) is 2.20. The minimum absolute atomic E-state index is 0.0308. The highest BCUT2D eigenvalue weighted by Crippen LogP contribution is 2.28. The molecular weight excluding hydrogens is 190 g/mol. The minimum atomic E-state index is 0.0308. The van der Waals surface area contributed by atoms with E-state index in [2.05, 4.69) is 12.2 Å². The molecule has 1 saturated carbocycles. The molecule has 1 aliphatic heterocycles. The lowest BCUT2D eigenvalue weighted by Crippen LogP contribution is -2.54. The van der Waals surface area contributed by atoms with Gasteiger partial charge in [-0.15, -0.1) is 0 Å². The lowest BCUT2D eigenvalue weighted by Gasteiger charge is -2.41. The van der Waals surface area contributed by atoms with E-state index in [9.17, 15) is 5.11 Å². The molecule has 2 fully saturated rings. The SMILES string of the molecule is CC1CCC(NCC2(CO)COC2)CC1. The molecule has 0 aromatic heterocycles. The van der Waals surface area contributed by atoms with Gasteiger partial charge in [0.05, 0.1) is 25.2 Å². The predicted octanol–water partition coefficient (Wildman–Crippen LogP) is 1.16. The second kappa shape index (κ2) is 4.81. The summed E-state index contributed by atoms with van der Waals surface area (Å²) in [6, 6.07) is 0.672. The van der Waals surface area contributed by atoms with Crippen LogP contribution >= 0.6 is 0 Å². The zero-order valence-corrected chi connectivity index (χ0v) is 9.67. The van der Waals surface area contributed by atoms with Gasteiger partial charge in [0.1, 0.15) is 0 Å². The van der Waals surface area contributed by atoms with Gasteiger partial charge in [0.25, 0.3) is 0 Å². The van der Waals surface area contributed by atoms with Gasteiger partial charge in [-0.2, -0.15) is 0 Å². The summed E-state index contributed by atoms with van der Waals surface area (Å²) in [6.45, 7) is 4.95. The molecule has 2 aliphatic rings. The second-order valence-electron chi connectivity index (χ2n) is 5.49. The normalized spacial score (nSPS) is 34.8. The summed E-state index contributed by atoms with van der Waals surface area (Å²) in [5, 5.41) is 12.9. The van der Waals surface area contributed by atoms with Crippen LogP contribution in [0, 0.1) is 11.3 Å². The number of hydrogen-bond donors (Lipinski definition) is 2. The van der Waals surface area contributed by atoms with Crippen molar-refractivity contribution >= 4 is 0 Å². The molecule has 0 atom stereocenters. The van der Waals surface area contributed by atoms with Crippen LogP contribution in [0.1, 0.15) is 32.6 Å². The lowest BCUT2D eigenvalue weighted by molar-refractivity contribution is -0.135. The van der Waals surface area contributed by atoms with E-state index in [1.165, 1.54) is 25.7 Å². The smallest absolute Gasteiger partial charge is 0.0579 e. The van der Waals surface area contributed by atoms with Crippen LogP contribution in [0.4, 0.5) is 0 Å². The molecule has 0 unspecified atom stereocenters. The van der Waals surface area contributed by atoms with Crippen molar-refractivity contribution in [3.8, 4) is 0 Å². The molecule has 1 aliphatic carbocycles. The Hall–Kier alpha value is -0.120. The fraction of sp³-hybridized carbons (Fsp3) is 1.00. The first kappa shape index (κ1) is 11.4. The predicted molar refractivity (Wildman–Crippen MR) is 59.8 cm³/mol. The standard InChI is InChI=1S/C12H23NO2/c1-10-2-4-11(5-3-10)13-6-12(7-14)8-15-9-12/h10-11,13-14H,2-9H2,1H3. The summed E-state index contributed by atoms with van der Waals surface area (Å²) < 4.78 is 5.19. The maximum atomic E-state index is 9.29. The van der Waals surface area contributed by atoms with Crippen molar-refractivity contribution < 1.29 is 9.84 Å². The van der Waals surface area contributed by atoms with E-state index in [-0.39, 0.29) is 12.0 Å². The third kappa shape index (κ3) is 2.71. The number of ether oxygens (including phenoxy) is 1. The number of aliphatic hydroxyl groups is 1. The van der Waals surface area contributed by atoms with E-state index in [1.54, 1.807) is 0 Å². The molecule has 3 nitrogen and oxygen atoms in total. The Bertz CT molecular complexity index is 190. The highest BCUT2D eigenvalue weighted by Gasteiger charge is 2.38. The zero-order valence-electron chi connectivity index (χ0n) is 9.67. The van der Waals surface area contributed by atoms with Crippen LogP contribution in [0.5, 0.6) is 0 Å². The monoisotopic (exact) mass is 213 g/mol. The quantitative estimate of drug-likeness (QED) is 0.736. The van der Waals surface area contributed by atoms with Gasteiger partial charge in [0.15, 0.2) is 0 Å². The summed E-state index contributed by atoms with van der Waals surface area (Å²) in [6.07, 6.45) is 5.29. The molecule has 15 heavy (non-hydrogen) atoms. The van der Waals surface area contributed by atoms with Gasteiger partial charge in [-0.3, -0.25) is 0 Å².